The molecule has 0 aliphatic heterocycles. The van der Waals surface area contributed by atoms with Crippen LogP contribution in [0.25, 0.3) is 0 Å². The average Bonchev–Trinajstić information content (AvgIpc) is 2.65. The summed E-state index contributed by atoms with van der Waals surface area (Å²) in [4.78, 5) is 11.9. The maximum absolute atomic E-state index is 11.9. The fourth-order valence-corrected chi connectivity index (χ4v) is 4.31. The number of hydrogen-bond donors (Lipinski definition) is 1. The molecule has 0 spiro atoms. The van der Waals surface area contributed by atoms with Gasteiger partial charge >= 0.3 is 5.97 Å². The van der Waals surface area contributed by atoms with Crippen molar-refractivity contribution in [3.63, 3.8) is 0 Å². The van der Waals surface area contributed by atoms with E-state index in [2.05, 4.69) is 20.8 Å². The van der Waals surface area contributed by atoms with Gasteiger partial charge in [-0.1, -0.05) is 124 Å². The second-order valence-electron chi connectivity index (χ2n) is 9.94. The molecule has 0 saturated carbocycles. The van der Waals surface area contributed by atoms with Gasteiger partial charge in [0.05, 0.1) is 5.41 Å². The van der Waals surface area contributed by atoms with Gasteiger partial charge in [0.25, 0.3) is 0 Å². The number of carbonyl (C=O) groups is 1. The van der Waals surface area contributed by atoms with E-state index in [9.17, 15) is 9.90 Å². The molecule has 168 valence electrons. The standard InChI is InChI=1S/C26H52O2/c1-6-8-10-12-14-16-18-20-22-26(5,25(3,4)24(27)28)23-21-19-17-15-13-11-9-7-2/h6-23H2,1-5H3,(H,27,28). The van der Waals surface area contributed by atoms with E-state index >= 15 is 0 Å². The molecular formula is C26H52O2. The van der Waals surface area contributed by atoms with Crippen LogP contribution in [0.4, 0.5) is 0 Å². The zero-order valence-corrected chi connectivity index (χ0v) is 20.1. The number of hydrogen-bond acceptors (Lipinski definition) is 1. The highest BCUT2D eigenvalue weighted by atomic mass is 16.4. The Bertz CT molecular complexity index is 353. The minimum atomic E-state index is -0.644. The summed E-state index contributed by atoms with van der Waals surface area (Å²) in [5.74, 6) is -0.630. The van der Waals surface area contributed by atoms with Crippen LogP contribution >= 0.6 is 0 Å². The zero-order valence-electron chi connectivity index (χ0n) is 20.1. The van der Waals surface area contributed by atoms with Crippen LogP contribution in [-0.2, 0) is 4.79 Å². The summed E-state index contributed by atoms with van der Waals surface area (Å²) < 4.78 is 0. The van der Waals surface area contributed by atoms with Gasteiger partial charge in [-0.3, -0.25) is 4.79 Å². The molecule has 2 nitrogen and oxygen atoms in total. The van der Waals surface area contributed by atoms with Crippen LogP contribution < -0.4 is 0 Å². The van der Waals surface area contributed by atoms with Gasteiger partial charge in [0.15, 0.2) is 0 Å². The maximum atomic E-state index is 11.9. The lowest BCUT2D eigenvalue weighted by Crippen LogP contribution is -2.41. The van der Waals surface area contributed by atoms with Crippen LogP contribution in [-0.4, -0.2) is 11.1 Å². The minimum Gasteiger partial charge on any atom is -0.481 e. The number of carboxylic acids is 1. The first-order chi connectivity index (χ1) is 13.3. The summed E-state index contributed by atoms with van der Waals surface area (Å²) in [6.45, 7) is 10.7. The van der Waals surface area contributed by atoms with Gasteiger partial charge in [-0.15, -0.1) is 0 Å². The van der Waals surface area contributed by atoms with Crippen molar-refractivity contribution >= 4 is 5.97 Å². The van der Waals surface area contributed by atoms with Crippen LogP contribution in [0.15, 0.2) is 0 Å². The van der Waals surface area contributed by atoms with Gasteiger partial charge in [0.2, 0.25) is 0 Å². The lowest BCUT2D eigenvalue weighted by atomic mass is 9.61. The molecule has 0 atom stereocenters. The van der Waals surface area contributed by atoms with Crippen molar-refractivity contribution in [2.45, 2.75) is 150 Å². The summed E-state index contributed by atoms with van der Waals surface area (Å²) in [5, 5.41) is 9.82. The van der Waals surface area contributed by atoms with Crippen LogP contribution in [0.3, 0.4) is 0 Å². The SMILES string of the molecule is CCCCCCCCCCC(C)(CCCCCCCCCC)C(C)(C)C(=O)O. The Morgan fingerprint density at radius 3 is 1.14 bits per heavy atom. The maximum Gasteiger partial charge on any atom is 0.309 e. The van der Waals surface area contributed by atoms with E-state index in [0.29, 0.717) is 0 Å². The van der Waals surface area contributed by atoms with Crippen molar-refractivity contribution in [3.05, 3.63) is 0 Å². The van der Waals surface area contributed by atoms with Gasteiger partial charge in [-0.25, -0.2) is 0 Å². The molecule has 2 heteroatoms. The quantitative estimate of drug-likeness (QED) is 0.208. The molecule has 0 bridgehead atoms. The molecule has 0 heterocycles. The fourth-order valence-electron chi connectivity index (χ4n) is 4.31. The first-order valence-electron chi connectivity index (χ1n) is 12.5. The summed E-state index contributed by atoms with van der Waals surface area (Å²) in [7, 11) is 0. The third-order valence-electron chi connectivity index (χ3n) is 7.21. The Labute approximate surface area is 177 Å². The molecule has 0 aromatic carbocycles. The van der Waals surface area contributed by atoms with Crippen LogP contribution in [0.2, 0.25) is 0 Å². The highest BCUT2D eigenvalue weighted by Gasteiger charge is 2.45. The lowest BCUT2D eigenvalue weighted by molar-refractivity contribution is -0.155. The summed E-state index contributed by atoms with van der Waals surface area (Å²) in [5.41, 5.74) is -0.738. The topological polar surface area (TPSA) is 37.3 Å². The minimum absolute atomic E-state index is 0.0940. The molecule has 0 fully saturated rings. The van der Waals surface area contributed by atoms with E-state index in [0.717, 1.165) is 12.8 Å². The van der Waals surface area contributed by atoms with Crippen molar-refractivity contribution in [2.24, 2.45) is 10.8 Å². The highest BCUT2D eigenvalue weighted by Crippen LogP contribution is 2.47. The monoisotopic (exact) mass is 396 g/mol. The van der Waals surface area contributed by atoms with Crippen molar-refractivity contribution < 1.29 is 9.90 Å². The normalized spacial score (nSPS) is 12.5. The molecule has 0 radical (unpaired) electrons. The number of unbranched alkanes of at least 4 members (excludes halogenated alkanes) is 14. The molecule has 0 aromatic rings. The Kier molecular flexibility index (Phi) is 16.0. The smallest absolute Gasteiger partial charge is 0.309 e. The Balaban J connectivity index is 4.26. The van der Waals surface area contributed by atoms with Gasteiger partial charge in [-0.05, 0) is 32.1 Å². The summed E-state index contributed by atoms with van der Waals surface area (Å²) >= 11 is 0. The van der Waals surface area contributed by atoms with Gasteiger partial charge in [-0.2, -0.15) is 0 Å². The van der Waals surface area contributed by atoms with Crippen molar-refractivity contribution in [3.8, 4) is 0 Å². The third kappa shape index (κ3) is 11.5. The van der Waals surface area contributed by atoms with Crippen LogP contribution in [0, 0.1) is 10.8 Å². The predicted molar refractivity (Wildman–Crippen MR) is 124 cm³/mol. The second kappa shape index (κ2) is 16.3. The molecule has 0 aliphatic rings. The van der Waals surface area contributed by atoms with E-state index in [1.54, 1.807) is 0 Å². The Morgan fingerprint density at radius 2 is 0.857 bits per heavy atom. The zero-order chi connectivity index (χ0) is 21.3. The van der Waals surface area contributed by atoms with E-state index in [-0.39, 0.29) is 5.41 Å². The Morgan fingerprint density at radius 1 is 0.571 bits per heavy atom. The number of aliphatic carboxylic acids is 1. The molecule has 0 unspecified atom stereocenters. The van der Waals surface area contributed by atoms with Crippen molar-refractivity contribution in [1.82, 2.24) is 0 Å². The first kappa shape index (κ1) is 27.5. The summed E-state index contributed by atoms with van der Waals surface area (Å²) in [6, 6.07) is 0. The average molecular weight is 397 g/mol. The number of carboxylic acid groups (broad SMARTS) is 1. The van der Waals surface area contributed by atoms with Gasteiger partial charge in [0, 0.05) is 0 Å². The van der Waals surface area contributed by atoms with Crippen molar-refractivity contribution in [1.29, 1.82) is 0 Å². The molecule has 0 amide bonds. The number of rotatable bonds is 20. The predicted octanol–water partition coefficient (Wildman–Crippen LogP) is 9.17. The molecule has 0 rings (SSSR count). The largest absolute Gasteiger partial charge is 0.481 e. The molecule has 0 aliphatic carbocycles. The second-order valence-corrected chi connectivity index (χ2v) is 9.94. The highest BCUT2D eigenvalue weighted by molar-refractivity contribution is 5.74. The molecular weight excluding hydrogens is 344 g/mol. The van der Waals surface area contributed by atoms with E-state index < -0.39 is 11.4 Å². The summed E-state index contributed by atoms with van der Waals surface area (Å²) in [6.07, 6.45) is 23.1. The van der Waals surface area contributed by atoms with E-state index in [4.69, 9.17) is 0 Å². The fraction of sp³-hybridized carbons (Fsp3) is 0.962. The molecule has 28 heavy (non-hydrogen) atoms. The first-order valence-corrected chi connectivity index (χ1v) is 12.5. The third-order valence-corrected chi connectivity index (χ3v) is 7.21. The van der Waals surface area contributed by atoms with Crippen LogP contribution in [0.1, 0.15) is 150 Å². The molecule has 1 N–H and O–H groups in total. The molecule has 0 saturated heterocycles. The van der Waals surface area contributed by atoms with Crippen molar-refractivity contribution in [2.75, 3.05) is 0 Å². The van der Waals surface area contributed by atoms with E-state index in [1.807, 2.05) is 13.8 Å². The van der Waals surface area contributed by atoms with Gasteiger partial charge < -0.3 is 5.11 Å². The van der Waals surface area contributed by atoms with Gasteiger partial charge in [0.1, 0.15) is 0 Å². The lowest BCUT2D eigenvalue weighted by Gasteiger charge is -2.42. The van der Waals surface area contributed by atoms with E-state index in [1.165, 1.54) is 103 Å². The van der Waals surface area contributed by atoms with Crippen LogP contribution in [0.5, 0.6) is 0 Å². The Hall–Kier alpha value is -0.530. The molecule has 0 aromatic heterocycles.